The Morgan fingerprint density at radius 3 is 2.68 bits per heavy atom. The SMILES string of the molecule is C=CCn1c(SCCN2C(=O)CCC2=O)nc2ccccc21. The van der Waals surface area contributed by atoms with Crippen LogP contribution in [0.25, 0.3) is 11.0 Å². The Kier molecular flexibility index (Phi) is 4.29. The molecule has 1 aliphatic rings. The van der Waals surface area contributed by atoms with Crippen LogP contribution in [-0.4, -0.2) is 38.6 Å². The van der Waals surface area contributed by atoms with Crippen molar-refractivity contribution >= 4 is 34.6 Å². The lowest BCUT2D eigenvalue weighted by Gasteiger charge is -2.13. The topological polar surface area (TPSA) is 55.2 Å². The molecule has 0 bridgehead atoms. The monoisotopic (exact) mass is 315 g/mol. The molecule has 0 saturated carbocycles. The Bertz CT molecular complexity index is 722. The number of amides is 2. The summed E-state index contributed by atoms with van der Waals surface area (Å²) in [5, 5.41) is 0.889. The van der Waals surface area contributed by atoms with Gasteiger partial charge in [-0.25, -0.2) is 4.98 Å². The maximum Gasteiger partial charge on any atom is 0.229 e. The minimum Gasteiger partial charge on any atom is -0.315 e. The van der Waals surface area contributed by atoms with Crippen molar-refractivity contribution in [2.45, 2.75) is 24.5 Å². The fourth-order valence-corrected chi connectivity index (χ4v) is 3.52. The lowest BCUT2D eigenvalue weighted by molar-refractivity contribution is -0.137. The van der Waals surface area contributed by atoms with Gasteiger partial charge in [0.25, 0.3) is 0 Å². The van der Waals surface area contributed by atoms with Crippen LogP contribution in [0.2, 0.25) is 0 Å². The quantitative estimate of drug-likeness (QED) is 0.467. The zero-order chi connectivity index (χ0) is 15.5. The Labute approximate surface area is 133 Å². The summed E-state index contributed by atoms with van der Waals surface area (Å²) in [4.78, 5) is 29.2. The number of benzene rings is 1. The second-order valence-electron chi connectivity index (χ2n) is 5.07. The third-order valence-corrected chi connectivity index (χ3v) is 4.59. The van der Waals surface area contributed by atoms with Gasteiger partial charge in [0.15, 0.2) is 5.16 Å². The van der Waals surface area contributed by atoms with Crippen molar-refractivity contribution in [3.63, 3.8) is 0 Å². The van der Waals surface area contributed by atoms with Gasteiger partial charge < -0.3 is 4.57 Å². The van der Waals surface area contributed by atoms with Gasteiger partial charge in [-0.05, 0) is 12.1 Å². The molecule has 5 nitrogen and oxygen atoms in total. The summed E-state index contributed by atoms with van der Waals surface area (Å²) in [5.74, 6) is 0.521. The second-order valence-corrected chi connectivity index (χ2v) is 6.13. The van der Waals surface area contributed by atoms with Crippen LogP contribution in [0.5, 0.6) is 0 Å². The Morgan fingerprint density at radius 1 is 1.23 bits per heavy atom. The molecule has 2 heterocycles. The number of para-hydroxylation sites is 2. The maximum absolute atomic E-state index is 11.6. The van der Waals surface area contributed by atoms with E-state index in [2.05, 4.69) is 16.1 Å². The third-order valence-electron chi connectivity index (χ3n) is 3.63. The summed E-state index contributed by atoms with van der Waals surface area (Å²) in [6.07, 6.45) is 2.53. The van der Waals surface area contributed by atoms with Gasteiger partial charge in [0.05, 0.1) is 11.0 Å². The molecular weight excluding hydrogens is 298 g/mol. The highest BCUT2D eigenvalue weighted by molar-refractivity contribution is 7.99. The molecular formula is C16H17N3O2S. The summed E-state index contributed by atoms with van der Waals surface area (Å²) < 4.78 is 2.10. The first kappa shape index (κ1) is 14.8. The lowest BCUT2D eigenvalue weighted by Crippen LogP contribution is -2.31. The molecule has 0 spiro atoms. The largest absolute Gasteiger partial charge is 0.315 e. The van der Waals surface area contributed by atoms with E-state index in [9.17, 15) is 9.59 Å². The zero-order valence-corrected chi connectivity index (χ0v) is 13.0. The van der Waals surface area contributed by atoms with E-state index in [1.165, 1.54) is 4.90 Å². The van der Waals surface area contributed by atoms with Gasteiger partial charge in [-0.1, -0.05) is 30.0 Å². The van der Waals surface area contributed by atoms with Crippen LogP contribution in [0.1, 0.15) is 12.8 Å². The van der Waals surface area contributed by atoms with Crippen LogP contribution >= 0.6 is 11.8 Å². The van der Waals surface area contributed by atoms with Crippen molar-refractivity contribution in [1.29, 1.82) is 0 Å². The number of carbonyl (C=O) groups excluding carboxylic acids is 2. The number of imidazole rings is 1. The van der Waals surface area contributed by atoms with Crippen molar-refractivity contribution in [2.24, 2.45) is 0 Å². The number of imide groups is 1. The van der Waals surface area contributed by atoms with Crippen molar-refractivity contribution in [2.75, 3.05) is 12.3 Å². The van der Waals surface area contributed by atoms with E-state index in [-0.39, 0.29) is 11.8 Å². The fraction of sp³-hybridized carbons (Fsp3) is 0.312. The Morgan fingerprint density at radius 2 is 1.95 bits per heavy atom. The first-order chi connectivity index (χ1) is 10.7. The van der Waals surface area contributed by atoms with Crippen molar-refractivity contribution in [3.8, 4) is 0 Å². The molecule has 2 aromatic rings. The molecule has 6 heteroatoms. The Hall–Kier alpha value is -2.08. The average molecular weight is 315 g/mol. The summed E-state index contributed by atoms with van der Waals surface area (Å²) in [6, 6.07) is 7.96. The summed E-state index contributed by atoms with van der Waals surface area (Å²) >= 11 is 1.56. The van der Waals surface area contributed by atoms with Gasteiger partial charge in [0.2, 0.25) is 11.8 Å². The molecule has 1 aromatic carbocycles. The second kappa shape index (κ2) is 6.36. The van der Waals surface area contributed by atoms with E-state index in [0.717, 1.165) is 16.2 Å². The molecule has 1 fully saturated rings. The highest BCUT2D eigenvalue weighted by Gasteiger charge is 2.28. The summed E-state index contributed by atoms with van der Waals surface area (Å²) in [6.45, 7) is 4.92. The van der Waals surface area contributed by atoms with E-state index in [0.29, 0.717) is 31.7 Å². The number of allylic oxidation sites excluding steroid dienone is 1. The van der Waals surface area contributed by atoms with Gasteiger partial charge in [0, 0.05) is 31.7 Å². The summed E-state index contributed by atoms with van der Waals surface area (Å²) in [5.41, 5.74) is 2.01. The van der Waals surface area contributed by atoms with E-state index in [4.69, 9.17) is 0 Å². The van der Waals surface area contributed by atoms with Crippen LogP contribution < -0.4 is 0 Å². The molecule has 1 aliphatic heterocycles. The molecule has 1 aromatic heterocycles. The molecule has 0 atom stereocenters. The first-order valence-electron chi connectivity index (χ1n) is 7.23. The minimum absolute atomic E-state index is 0.0646. The highest BCUT2D eigenvalue weighted by atomic mass is 32.2. The summed E-state index contributed by atoms with van der Waals surface area (Å²) in [7, 11) is 0. The van der Waals surface area contributed by atoms with Gasteiger partial charge in [0.1, 0.15) is 0 Å². The number of thioether (sulfide) groups is 1. The average Bonchev–Trinajstić information content (AvgIpc) is 3.03. The number of rotatable bonds is 6. The van der Waals surface area contributed by atoms with Crippen LogP contribution in [-0.2, 0) is 16.1 Å². The van der Waals surface area contributed by atoms with E-state index in [1.54, 1.807) is 11.8 Å². The maximum atomic E-state index is 11.6. The molecule has 114 valence electrons. The van der Waals surface area contributed by atoms with Gasteiger partial charge >= 0.3 is 0 Å². The number of hydrogen-bond acceptors (Lipinski definition) is 4. The molecule has 0 unspecified atom stereocenters. The minimum atomic E-state index is -0.0646. The normalized spacial score (nSPS) is 15.0. The molecule has 1 saturated heterocycles. The first-order valence-corrected chi connectivity index (χ1v) is 8.21. The molecule has 22 heavy (non-hydrogen) atoms. The standard InChI is InChI=1S/C16H17N3O2S/c1-2-9-18-13-6-4-3-5-12(13)17-16(18)22-11-10-19-14(20)7-8-15(19)21/h2-6H,1,7-11H2. The van der Waals surface area contributed by atoms with Crippen LogP contribution in [0.4, 0.5) is 0 Å². The van der Waals surface area contributed by atoms with E-state index in [1.807, 2.05) is 30.3 Å². The molecule has 3 rings (SSSR count). The zero-order valence-electron chi connectivity index (χ0n) is 12.2. The number of fused-ring (bicyclic) bond motifs is 1. The number of carbonyl (C=O) groups is 2. The predicted octanol–water partition coefficient (Wildman–Crippen LogP) is 2.46. The van der Waals surface area contributed by atoms with Gasteiger partial charge in [-0.3, -0.25) is 14.5 Å². The Balaban J connectivity index is 1.73. The predicted molar refractivity (Wildman–Crippen MR) is 86.6 cm³/mol. The van der Waals surface area contributed by atoms with Crippen molar-refractivity contribution in [1.82, 2.24) is 14.5 Å². The van der Waals surface area contributed by atoms with E-state index >= 15 is 0 Å². The molecule has 2 amide bonds. The van der Waals surface area contributed by atoms with Crippen molar-refractivity contribution < 1.29 is 9.59 Å². The van der Waals surface area contributed by atoms with Crippen LogP contribution in [0.3, 0.4) is 0 Å². The molecule has 0 radical (unpaired) electrons. The van der Waals surface area contributed by atoms with Crippen molar-refractivity contribution in [3.05, 3.63) is 36.9 Å². The van der Waals surface area contributed by atoms with E-state index < -0.39 is 0 Å². The number of likely N-dealkylation sites (tertiary alicyclic amines) is 1. The molecule has 0 aliphatic carbocycles. The lowest BCUT2D eigenvalue weighted by atomic mass is 10.3. The molecule has 0 N–H and O–H groups in total. The number of aromatic nitrogens is 2. The fourth-order valence-electron chi connectivity index (χ4n) is 2.57. The van der Waals surface area contributed by atoms with Gasteiger partial charge in [-0.2, -0.15) is 0 Å². The highest BCUT2D eigenvalue weighted by Crippen LogP contribution is 2.24. The smallest absolute Gasteiger partial charge is 0.229 e. The van der Waals surface area contributed by atoms with Crippen LogP contribution in [0, 0.1) is 0 Å². The van der Waals surface area contributed by atoms with Crippen LogP contribution in [0.15, 0.2) is 42.1 Å². The van der Waals surface area contributed by atoms with Gasteiger partial charge in [-0.15, -0.1) is 6.58 Å². The number of nitrogens with zero attached hydrogens (tertiary/aromatic N) is 3. The third kappa shape index (κ3) is 2.78. The number of hydrogen-bond donors (Lipinski definition) is 0.